The minimum Gasteiger partial charge on any atom is -0.361 e. The number of fused-ring (bicyclic) bond motifs is 1. The zero-order chi connectivity index (χ0) is 14.0. The summed E-state index contributed by atoms with van der Waals surface area (Å²) in [6, 6.07) is 0. The number of rotatable bonds is 2. The van der Waals surface area contributed by atoms with Crippen LogP contribution in [0.1, 0.15) is 41.0 Å². The van der Waals surface area contributed by atoms with Gasteiger partial charge in [-0.1, -0.05) is 0 Å². The smallest absolute Gasteiger partial charge is 0.231 e. The summed E-state index contributed by atoms with van der Waals surface area (Å²) in [6.45, 7) is 7.13. The van der Waals surface area contributed by atoms with Gasteiger partial charge in [-0.25, -0.2) is 0 Å². The molecule has 0 unspecified atom stereocenters. The van der Waals surface area contributed by atoms with E-state index in [0.29, 0.717) is 0 Å². The summed E-state index contributed by atoms with van der Waals surface area (Å²) >= 11 is 0. The first-order valence-electron chi connectivity index (χ1n) is 5.81. The van der Waals surface area contributed by atoms with E-state index in [-0.39, 0.29) is 18.0 Å². The average Bonchev–Trinajstić information content (AvgIpc) is 2.43. The van der Waals surface area contributed by atoms with Gasteiger partial charge >= 0.3 is 0 Å². The molecule has 2 aliphatic heterocycles. The molecule has 6 heteroatoms. The normalized spacial score (nSPS) is 51.2. The van der Waals surface area contributed by atoms with E-state index in [2.05, 4.69) is 0 Å². The minimum atomic E-state index is -1.81. The van der Waals surface area contributed by atoms with Gasteiger partial charge in [0.15, 0.2) is 11.6 Å². The summed E-state index contributed by atoms with van der Waals surface area (Å²) < 4.78 is 16.4. The lowest BCUT2D eigenvalue weighted by molar-refractivity contribution is -0.271. The highest BCUT2D eigenvalue weighted by atomic mass is 16.9. The van der Waals surface area contributed by atoms with Crippen molar-refractivity contribution in [3.8, 4) is 0 Å². The number of ketones is 2. The molecule has 0 saturated carbocycles. The van der Waals surface area contributed by atoms with Crippen LogP contribution >= 0.6 is 0 Å². The maximum absolute atomic E-state index is 11.6. The Balaban J connectivity index is 2.37. The molecule has 0 aliphatic carbocycles. The van der Waals surface area contributed by atoms with Crippen molar-refractivity contribution in [2.24, 2.45) is 0 Å². The third-order valence-electron chi connectivity index (χ3n) is 3.84. The Kier molecular flexibility index (Phi) is 2.56. The van der Waals surface area contributed by atoms with Gasteiger partial charge in [-0.05, 0) is 27.7 Å². The second-order valence-corrected chi connectivity index (χ2v) is 5.50. The van der Waals surface area contributed by atoms with Crippen LogP contribution in [-0.2, 0) is 23.8 Å². The van der Waals surface area contributed by atoms with Crippen molar-refractivity contribution < 1.29 is 28.9 Å². The van der Waals surface area contributed by atoms with Crippen LogP contribution in [0.4, 0.5) is 0 Å². The van der Waals surface area contributed by atoms with Gasteiger partial charge in [0.05, 0.1) is 0 Å². The number of carbonyl (C=O) groups excluding carboxylic acids is 2. The van der Waals surface area contributed by atoms with Crippen LogP contribution in [0.5, 0.6) is 0 Å². The van der Waals surface area contributed by atoms with Gasteiger partial charge in [0.1, 0.15) is 5.60 Å². The maximum Gasteiger partial charge on any atom is 0.231 e. The van der Waals surface area contributed by atoms with Gasteiger partial charge in [0.2, 0.25) is 17.4 Å². The van der Waals surface area contributed by atoms with Crippen molar-refractivity contribution in [3.63, 3.8) is 0 Å². The first-order valence-corrected chi connectivity index (χ1v) is 5.81. The van der Waals surface area contributed by atoms with Gasteiger partial charge in [-0.2, -0.15) is 0 Å². The largest absolute Gasteiger partial charge is 0.361 e. The van der Waals surface area contributed by atoms with E-state index in [4.69, 9.17) is 14.2 Å². The molecule has 2 saturated heterocycles. The van der Waals surface area contributed by atoms with E-state index >= 15 is 0 Å². The summed E-state index contributed by atoms with van der Waals surface area (Å²) in [4.78, 5) is 23.1. The van der Waals surface area contributed by atoms with E-state index in [1.165, 1.54) is 27.7 Å². The highest BCUT2D eigenvalue weighted by Gasteiger charge is 2.73. The Hall–Kier alpha value is -0.820. The van der Waals surface area contributed by atoms with E-state index in [0.717, 1.165) is 0 Å². The van der Waals surface area contributed by atoms with Crippen LogP contribution < -0.4 is 0 Å². The maximum atomic E-state index is 11.6. The SMILES string of the molecule is CC(=O)[C@@]1(C)O[C@]2(C)O[C@@](C)(C(C)=O)C[C@]2(O)O1. The third-order valence-corrected chi connectivity index (χ3v) is 3.84. The Bertz CT molecular complexity index is 374. The number of hydrogen-bond acceptors (Lipinski definition) is 6. The lowest BCUT2D eigenvalue weighted by Crippen LogP contribution is -2.45. The lowest BCUT2D eigenvalue weighted by atomic mass is 9.94. The molecule has 2 heterocycles. The molecule has 0 amide bonds. The van der Waals surface area contributed by atoms with Crippen LogP contribution in [-0.4, -0.2) is 39.6 Å². The molecule has 18 heavy (non-hydrogen) atoms. The lowest BCUT2D eigenvalue weighted by Gasteiger charge is -2.29. The molecule has 0 spiro atoms. The molecule has 0 aromatic carbocycles. The third kappa shape index (κ3) is 1.56. The first kappa shape index (κ1) is 13.6. The van der Waals surface area contributed by atoms with Crippen LogP contribution in [0.2, 0.25) is 0 Å². The van der Waals surface area contributed by atoms with E-state index in [1.54, 1.807) is 6.92 Å². The van der Waals surface area contributed by atoms with E-state index < -0.39 is 23.0 Å². The second kappa shape index (κ2) is 3.39. The summed E-state index contributed by atoms with van der Waals surface area (Å²) in [7, 11) is 0. The number of Topliss-reactive ketones (excluding diaryl/α,β-unsaturated/α-hetero) is 2. The Morgan fingerprint density at radius 2 is 1.56 bits per heavy atom. The molecule has 0 aromatic heterocycles. The van der Waals surface area contributed by atoms with Gasteiger partial charge in [0, 0.05) is 13.3 Å². The van der Waals surface area contributed by atoms with Crippen molar-refractivity contribution in [1.29, 1.82) is 0 Å². The zero-order valence-electron chi connectivity index (χ0n) is 11.2. The predicted octanol–water partition coefficient (Wildman–Crippen LogP) is 0.511. The molecule has 0 bridgehead atoms. The average molecular weight is 258 g/mol. The topological polar surface area (TPSA) is 82.1 Å². The monoisotopic (exact) mass is 258 g/mol. The summed E-state index contributed by atoms with van der Waals surface area (Å²) in [5.74, 6) is -5.51. The molecule has 2 aliphatic rings. The molecule has 0 aromatic rings. The molecular formula is C12H18O6. The summed E-state index contributed by atoms with van der Waals surface area (Å²) in [6.07, 6.45) is -0.0747. The second-order valence-electron chi connectivity index (χ2n) is 5.50. The highest BCUT2D eigenvalue weighted by molar-refractivity contribution is 5.86. The quantitative estimate of drug-likeness (QED) is 0.777. The number of ether oxygens (including phenoxy) is 3. The fraction of sp³-hybridized carbons (Fsp3) is 0.833. The van der Waals surface area contributed by atoms with Crippen molar-refractivity contribution in [1.82, 2.24) is 0 Å². The van der Waals surface area contributed by atoms with Gasteiger partial charge < -0.3 is 19.3 Å². The first-order chi connectivity index (χ1) is 7.97. The standard InChI is InChI=1S/C12H18O6/c1-7(13)9(3)6-12(15)11(5,16-9)17-10(4,18-12)8(2)14/h15H,6H2,1-5H3/t9-,10+,11+,12+/m1/s1. The van der Waals surface area contributed by atoms with E-state index in [9.17, 15) is 14.7 Å². The molecule has 2 fully saturated rings. The molecule has 1 N–H and O–H groups in total. The predicted molar refractivity (Wildman–Crippen MR) is 59.4 cm³/mol. The Morgan fingerprint density at radius 1 is 1.00 bits per heavy atom. The summed E-state index contributed by atoms with van der Waals surface area (Å²) in [5, 5.41) is 10.5. The van der Waals surface area contributed by atoms with Gasteiger partial charge in [-0.15, -0.1) is 0 Å². The van der Waals surface area contributed by atoms with Crippen LogP contribution in [0, 0.1) is 0 Å². The summed E-state index contributed by atoms with van der Waals surface area (Å²) in [5.41, 5.74) is -1.18. The molecular weight excluding hydrogens is 240 g/mol. The fourth-order valence-electron chi connectivity index (χ4n) is 2.45. The van der Waals surface area contributed by atoms with Crippen molar-refractivity contribution in [2.75, 3.05) is 0 Å². The minimum absolute atomic E-state index is 0.0747. The highest BCUT2D eigenvalue weighted by Crippen LogP contribution is 2.55. The fourth-order valence-corrected chi connectivity index (χ4v) is 2.45. The molecule has 102 valence electrons. The van der Waals surface area contributed by atoms with Gasteiger partial charge in [0.25, 0.3) is 0 Å². The van der Waals surface area contributed by atoms with E-state index in [1.807, 2.05) is 0 Å². The van der Waals surface area contributed by atoms with Crippen molar-refractivity contribution >= 4 is 11.6 Å². The van der Waals surface area contributed by atoms with Crippen LogP contribution in [0.25, 0.3) is 0 Å². The molecule has 2 rings (SSSR count). The van der Waals surface area contributed by atoms with Crippen molar-refractivity contribution in [2.45, 2.75) is 64.0 Å². The zero-order valence-corrected chi connectivity index (χ0v) is 11.2. The number of hydrogen-bond donors (Lipinski definition) is 1. The molecule has 4 atom stereocenters. The number of carbonyl (C=O) groups is 2. The molecule has 6 nitrogen and oxygen atoms in total. The Labute approximate surface area is 105 Å². The number of aliphatic hydroxyl groups is 1. The Morgan fingerprint density at radius 3 is 1.94 bits per heavy atom. The van der Waals surface area contributed by atoms with Crippen LogP contribution in [0.15, 0.2) is 0 Å². The van der Waals surface area contributed by atoms with Crippen molar-refractivity contribution in [3.05, 3.63) is 0 Å². The van der Waals surface area contributed by atoms with Gasteiger partial charge in [-0.3, -0.25) is 9.59 Å². The molecule has 0 radical (unpaired) electrons. The van der Waals surface area contributed by atoms with Crippen LogP contribution in [0.3, 0.4) is 0 Å².